The quantitative estimate of drug-likeness (QED) is 0.366. The fourth-order valence-electron chi connectivity index (χ4n) is 3.89. The van der Waals surface area contributed by atoms with Gasteiger partial charge >= 0.3 is 0 Å². The van der Waals surface area contributed by atoms with E-state index in [1.54, 1.807) is 31.2 Å². The van der Waals surface area contributed by atoms with Crippen molar-refractivity contribution >= 4 is 50.7 Å². The molecular formula is C27H37Cl2N3O4S. The van der Waals surface area contributed by atoms with Crippen molar-refractivity contribution in [3.05, 3.63) is 63.1 Å². The van der Waals surface area contributed by atoms with E-state index in [4.69, 9.17) is 23.2 Å². The Bertz CT molecular complexity index is 1200. The average molecular weight is 571 g/mol. The molecule has 2 amide bonds. The van der Waals surface area contributed by atoms with Crippen molar-refractivity contribution in [3.8, 4) is 0 Å². The van der Waals surface area contributed by atoms with Gasteiger partial charge in [0.1, 0.15) is 6.04 Å². The summed E-state index contributed by atoms with van der Waals surface area (Å²) in [7, 11) is -3.57. The monoisotopic (exact) mass is 569 g/mol. The van der Waals surface area contributed by atoms with E-state index in [1.807, 2.05) is 39.8 Å². The molecule has 1 N–H and O–H groups in total. The number of halogens is 2. The number of anilines is 1. The number of nitrogens with one attached hydrogen (secondary N) is 1. The minimum atomic E-state index is -3.57. The van der Waals surface area contributed by atoms with Crippen LogP contribution in [0.2, 0.25) is 10.0 Å². The zero-order valence-corrected chi connectivity index (χ0v) is 24.7. The van der Waals surface area contributed by atoms with Gasteiger partial charge in [-0.1, -0.05) is 48.3 Å². The Morgan fingerprint density at radius 1 is 1.03 bits per heavy atom. The van der Waals surface area contributed by atoms with E-state index in [2.05, 4.69) is 5.32 Å². The number of carbonyl (C=O) groups excluding carboxylic acids is 2. The van der Waals surface area contributed by atoms with E-state index in [9.17, 15) is 18.0 Å². The van der Waals surface area contributed by atoms with Gasteiger partial charge < -0.3 is 10.2 Å². The fourth-order valence-corrected chi connectivity index (χ4v) is 5.42. The Labute approximate surface area is 231 Å². The Morgan fingerprint density at radius 3 is 2.19 bits per heavy atom. The van der Waals surface area contributed by atoms with Crippen molar-refractivity contribution < 1.29 is 18.0 Å². The second-order valence-electron chi connectivity index (χ2n) is 9.37. The van der Waals surface area contributed by atoms with E-state index in [0.717, 1.165) is 23.8 Å². The molecule has 0 saturated carbocycles. The highest BCUT2D eigenvalue weighted by Gasteiger charge is 2.28. The molecule has 204 valence electrons. The summed E-state index contributed by atoms with van der Waals surface area (Å²) in [6, 6.07) is 9.76. The zero-order valence-electron chi connectivity index (χ0n) is 22.3. The predicted molar refractivity (Wildman–Crippen MR) is 152 cm³/mol. The van der Waals surface area contributed by atoms with Crippen LogP contribution < -0.4 is 9.62 Å². The van der Waals surface area contributed by atoms with Crippen molar-refractivity contribution in [2.45, 2.75) is 72.5 Å². The molecule has 0 spiro atoms. The van der Waals surface area contributed by atoms with Crippen LogP contribution >= 0.6 is 23.2 Å². The number of aryl methyl sites for hydroxylation is 1. The standard InChI is InChI=1S/C27H37Cl2N3O4S/c1-7-19(3)30-27(34)21(5)31(17-22-23(28)12-9-13-24(22)29)26(33)15-10-16-32(37(6,35)36)25-14-8-11-18(2)20(25)4/h8-9,11-14,19,21H,7,10,15-17H2,1-6H3,(H,30,34)/t19-,21-/m1/s1. The zero-order chi connectivity index (χ0) is 27.9. The summed E-state index contributed by atoms with van der Waals surface area (Å²) < 4.78 is 26.5. The van der Waals surface area contributed by atoms with Gasteiger partial charge in [-0.05, 0) is 69.9 Å². The highest BCUT2D eigenvalue weighted by molar-refractivity contribution is 7.92. The molecule has 0 bridgehead atoms. The first-order valence-corrected chi connectivity index (χ1v) is 14.9. The van der Waals surface area contributed by atoms with Crippen molar-refractivity contribution in [3.63, 3.8) is 0 Å². The second kappa shape index (κ2) is 13.5. The van der Waals surface area contributed by atoms with Crippen LogP contribution in [0, 0.1) is 13.8 Å². The Morgan fingerprint density at radius 2 is 1.62 bits per heavy atom. The first kappa shape index (κ1) is 30.9. The van der Waals surface area contributed by atoms with Crippen molar-refractivity contribution in [1.82, 2.24) is 10.2 Å². The maximum Gasteiger partial charge on any atom is 0.242 e. The molecule has 0 aliphatic heterocycles. The van der Waals surface area contributed by atoms with Crippen molar-refractivity contribution in [1.29, 1.82) is 0 Å². The van der Waals surface area contributed by atoms with Gasteiger partial charge in [0.05, 0.1) is 11.9 Å². The molecule has 0 unspecified atom stereocenters. The number of amides is 2. The molecule has 2 aromatic rings. The number of sulfonamides is 1. The van der Waals surface area contributed by atoms with E-state index in [1.165, 1.54) is 9.21 Å². The maximum atomic E-state index is 13.5. The molecule has 10 heteroatoms. The summed E-state index contributed by atoms with van der Waals surface area (Å²) in [6.45, 7) is 9.51. The molecule has 2 atom stereocenters. The van der Waals surface area contributed by atoms with Crippen LogP contribution in [0.25, 0.3) is 0 Å². The second-order valence-corrected chi connectivity index (χ2v) is 12.1. The van der Waals surface area contributed by atoms with E-state index >= 15 is 0 Å². The third kappa shape index (κ3) is 8.35. The Balaban J connectivity index is 2.27. The molecule has 0 radical (unpaired) electrons. The molecule has 0 aromatic heterocycles. The van der Waals surface area contributed by atoms with Gasteiger partial charge in [-0.3, -0.25) is 13.9 Å². The van der Waals surface area contributed by atoms with E-state index in [0.29, 0.717) is 21.3 Å². The third-order valence-corrected chi connectivity index (χ3v) is 8.44. The van der Waals surface area contributed by atoms with Crippen molar-refractivity contribution in [2.75, 3.05) is 17.1 Å². The average Bonchev–Trinajstić information content (AvgIpc) is 2.82. The van der Waals surface area contributed by atoms with Gasteiger partial charge in [-0.2, -0.15) is 0 Å². The smallest absolute Gasteiger partial charge is 0.242 e. The minimum absolute atomic E-state index is 0.0416. The van der Waals surface area contributed by atoms with Gasteiger partial charge in [-0.15, -0.1) is 0 Å². The van der Waals surface area contributed by atoms with Gasteiger partial charge in [0.15, 0.2) is 0 Å². The van der Waals surface area contributed by atoms with Crippen LogP contribution in [0.5, 0.6) is 0 Å². The van der Waals surface area contributed by atoms with Crippen molar-refractivity contribution in [2.24, 2.45) is 0 Å². The summed E-state index contributed by atoms with van der Waals surface area (Å²) in [5.41, 5.74) is 2.99. The van der Waals surface area contributed by atoms with Crippen LogP contribution in [0.4, 0.5) is 5.69 Å². The van der Waals surface area contributed by atoms with Gasteiger partial charge in [-0.25, -0.2) is 8.42 Å². The molecule has 0 heterocycles. The predicted octanol–water partition coefficient (Wildman–Crippen LogP) is 5.49. The van der Waals surface area contributed by atoms with Crippen LogP contribution in [0.3, 0.4) is 0 Å². The summed E-state index contributed by atoms with van der Waals surface area (Å²) in [5.74, 6) is -0.573. The molecule has 2 rings (SSSR count). The summed E-state index contributed by atoms with van der Waals surface area (Å²) in [4.78, 5) is 27.8. The highest BCUT2D eigenvalue weighted by atomic mass is 35.5. The molecule has 2 aromatic carbocycles. The molecule has 0 aliphatic rings. The van der Waals surface area contributed by atoms with Gasteiger partial charge in [0.25, 0.3) is 0 Å². The first-order chi connectivity index (χ1) is 17.3. The number of hydrogen-bond donors (Lipinski definition) is 1. The fraction of sp³-hybridized carbons (Fsp3) is 0.481. The van der Waals surface area contributed by atoms with Gasteiger partial charge in [0, 0.05) is 41.2 Å². The molecule has 37 heavy (non-hydrogen) atoms. The van der Waals surface area contributed by atoms with Crippen LogP contribution in [0.1, 0.15) is 56.7 Å². The maximum absolute atomic E-state index is 13.5. The minimum Gasteiger partial charge on any atom is -0.352 e. The van der Waals surface area contributed by atoms with Crippen LogP contribution in [-0.4, -0.2) is 50.0 Å². The van der Waals surface area contributed by atoms with Crippen LogP contribution in [0.15, 0.2) is 36.4 Å². The number of carbonyl (C=O) groups is 2. The number of nitrogens with zero attached hydrogens (tertiary/aromatic N) is 2. The van der Waals surface area contributed by atoms with E-state index in [-0.39, 0.29) is 43.8 Å². The molecule has 7 nitrogen and oxygen atoms in total. The molecule has 0 saturated heterocycles. The molecule has 0 aliphatic carbocycles. The summed E-state index contributed by atoms with van der Waals surface area (Å²) in [6.07, 6.45) is 2.22. The Kier molecular flexibility index (Phi) is 11.3. The Hall–Kier alpha value is -2.29. The SMILES string of the molecule is CC[C@@H](C)NC(=O)[C@@H](C)N(Cc1c(Cl)cccc1Cl)C(=O)CCCN(c1cccc(C)c1C)S(C)(=O)=O. The molecule has 0 fully saturated rings. The normalized spacial score (nSPS) is 13.1. The summed E-state index contributed by atoms with van der Waals surface area (Å²) >= 11 is 12.7. The first-order valence-electron chi connectivity index (χ1n) is 12.3. The number of hydrogen-bond acceptors (Lipinski definition) is 4. The highest BCUT2D eigenvalue weighted by Crippen LogP contribution is 2.28. The molecular weight excluding hydrogens is 533 g/mol. The van der Waals surface area contributed by atoms with Gasteiger partial charge in [0.2, 0.25) is 21.8 Å². The number of benzene rings is 2. The van der Waals surface area contributed by atoms with E-state index < -0.39 is 16.1 Å². The lowest BCUT2D eigenvalue weighted by molar-refractivity contribution is -0.140. The largest absolute Gasteiger partial charge is 0.352 e. The summed E-state index contributed by atoms with van der Waals surface area (Å²) in [5, 5.41) is 3.72. The lowest BCUT2D eigenvalue weighted by Crippen LogP contribution is -2.49. The number of rotatable bonds is 12. The lowest BCUT2D eigenvalue weighted by Gasteiger charge is -2.31. The van der Waals surface area contributed by atoms with Crippen LogP contribution in [-0.2, 0) is 26.2 Å². The third-order valence-electron chi connectivity index (χ3n) is 6.56. The topological polar surface area (TPSA) is 86.8 Å². The lowest BCUT2D eigenvalue weighted by atomic mass is 10.1.